The van der Waals surface area contributed by atoms with Gasteiger partial charge in [0.15, 0.2) is 0 Å². The van der Waals surface area contributed by atoms with E-state index in [-0.39, 0.29) is 0 Å². The van der Waals surface area contributed by atoms with Crippen LogP contribution in [0, 0.1) is 28.1 Å². The fourth-order valence-electron chi connectivity index (χ4n) is 0.706. The fourth-order valence-corrected chi connectivity index (χ4v) is 0.706. The third-order valence-electron chi connectivity index (χ3n) is 1.41. The van der Waals surface area contributed by atoms with E-state index in [1.54, 1.807) is 0 Å². The van der Waals surface area contributed by atoms with Gasteiger partial charge in [-0.1, -0.05) is 0 Å². The minimum absolute atomic E-state index is 0.295. The molecule has 3 nitrogen and oxygen atoms in total. The molecule has 0 bridgehead atoms. The van der Waals surface area contributed by atoms with Crippen molar-refractivity contribution in [3.8, 4) is 12.1 Å². The van der Waals surface area contributed by atoms with Crippen LogP contribution in [-0.4, -0.2) is 13.2 Å². The summed E-state index contributed by atoms with van der Waals surface area (Å²) in [7, 11) is 0. The number of hydrogen-bond acceptors (Lipinski definition) is 3. The lowest BCUT2D eigenvalue weighted by molar-refractivity contribution is -0.0741. The van der Waals surface area contributed by atoms with Crippen LogP contribution in [0.2, 0.25) is 0 Å². The van der Waals surface area contributed by atoms with E-state index in [0.29, 0.717) is 19.6 Å². The number of nitrogens with zero attached hydrogens (tertiary/aromatic N) is 2. The van der Waals surface area contributed by atoms with E-state index < -0.39 is 5.41 Å². The Labute approximate surface area is 53.5 Å². The van der Waals surface area contributed by atoms with Crippen LogP contribution in [-0.2, 0) is 4.74 Å². The molecule has 0 unspecified atom stereocenters. The van der Waals surface area contributed by atoms with Crippen LogP contribution in [0.25, 0.3) is 0 Å². The molecule has 1 rings (SSSR count). The van der Waals surface area contributed by atoms with Crippen molar-refractivity contribution in [1.29, 1.82) is 10.5 Å². The third kappa shape index (κ3) is 0.872. The van der Waals surface area contributed by atoms with Gasteiger partial charge in [0, 0.05) is 0 Å². The molecule has 0 aromatic heterocycles. The van der Waals surface area contributed by atoms with Gasteiger partial charge in [0.25, 0.3) is 0 Å². The first-order valence-corrected chi connectivity index (χ1v) is 2.69. The van der Waals surface area contributed by atoms with E-state index in [0.717, 1.165) is 0 Å². The number of hydrogen-bond donors (Lipinski definition) is 0. The van der Waals surface area contributed by atoms with Gasteiger partial charge in [-0.05, 0) is 0 Å². The van der Waals surface area contributed by atoms with E-state index in [1.165, 1.54) is 0 Å². The molecule has 46 valence electrons. The first kappa shape index (κ1) is 6.07. The highest BCUT2D eigenvalue weighted by Gasteiger charge is 2.38. The Balaban J connectivity index is 2.52. The molecule has 0 aromatic rings. The van der Waals surface area contributed by atoms with E-state index in [1.807, 2.05) is 6.07 Å². The van der Waals surface area contributed by atoms with E-state index >= 15 is 0 Å². The summed E-state index contributed by atoms with van der Waals surface area (Å²) in [5.41, 5.74) is -0.464. The molecule has 0 radical (unpaired) electrons. The second kappa shape index (κ2) is 2.05. The predicted molar refractivity (Wildman–Crippen MR) is 29.1 cm³/mol. The number of nitriles is 2. The standard InChI is InChI=1S/C6H6N2O/c7-2-1-6(3-8)4-9-5-6/h1,4-5H2. The summed E-state index contributed by atoms with van der Waals surface area (Å²) in [5.74, 6) is 0. The SMILES string of the molecule is N#CCC1(C#N)COC1. The molecule has 0 aromatic carbocycles. The second-order valence-corrected chi connectivity index (χ2v) is 2.22. The first-order chi connectivity index (χ1) is 4.33. The Hall–Kier alpha value is -1.06. The molecule has 0 amide bonds. The molecule has 1 aliphatic rings. The second-order valence-electron chi connectivity index (χ2n) is 2.22. The predicted octanol–water partition coefficient (Wildman–Crippen LogP) is 0.440. The molecule has 1 heterocycles. The van der Waals surface area contributed by atoms with Crippen molar-refractivity contribution >= 4 is 0 Å². The monoisotopic (exact) mass is 122 g/mol. The van der Waals surface area contributed by atoms with Crippen molar-refractivity contribution in [1.82, 2.24) is 0 Å². The highest BCUT2D eigenvalue weighted by atomic mass is 16.5. The highest BCUT2D eigenvalue weighted by Crippen LogP contribution is 2.29. The molecule has 1 saturated heterocycles. The van der Waals surface area contributed by atoms with E-state index in [4.69, 9.17) is 15.3 Å². The molecule has 1 aliphatic heterocycles. The van der Waals surface area contributed by atoms with Gasteiger partial charge in [-0.3, -0.25) is 0 Å². The highest BCUT2D eigenvalue weighted by molar-refractivity contribution is 5.07. The summed E-state index contributed by atoms with van der Waals surface area (Å²) in [6, 6.07) is 4.03. The Bertz CT molecular complexity index is 182. The van der Waals surface area contributed by atoms with Crippen molar-refractivity contribution in [2.24, 2.45) is 5.41 Å². The molecule has 0 aliphatic carbocycles. The van der Waals surface area contributed by atoms with E-state index in [9.17, 15) is 0 Å². The van der Waals surface area contributed by atoms with Crippen molar-refractivity contribution in [3.05, 3.63) is 0 Å². The lowest BCUT2D eigenvalue weighted by Crippen LogP contribution is -2.40. The Morgan fingerprint density at radius 1 is 1.44 bits per heavy atom. The van der Waals surface area contributed by atoms with E-state index in [2.05, 4.69) is 6.07 Å². The molecule has 0 N–H and O–H groups in total. The minimum Gasteiger partial charge on any atom is -0.378 e. The fraction of sp³-hybridized carbons (Fsp3) is 0.667. The Kier molecular flexibility index (Phi) is 1.38. The zero-order chi connectivity index (χ0) is 6.74. The smallest absolute Gasteiger partial charge is 0.117 e. The normalized spacial score (nSPS) is 21.1. The van der Waals surface area contributed by atoms with Crippen LogP contribution in [0.3, 0.4) is 0 Å². The zero-order valence-corrected chi connectivity index (χ0v) is 4.92. The molecule has 3 heteroatoms. The summed E-state index contributed by atoms with van der Waals surface area (Å²) < 4.78 is 4.81. The van der Waals surface area contributed by atoms with Gasteiger partial charge in [-0.2, -0.15) is 10.5 Å². The molecule has 0 spiro atoms. The summed E-state index contributed by atoms with van der Waals surface area (Å²) in [5, 5.41) is 16.7. The minimum atomic E-state index is -0.464. The topological polar surface area (TPSA) is 56.8 Å². The van der Waals surface area contributed by atoms with Crippen molar-refractivity contribution in [2.75, 3.05) is 13.2 Å². The van der Waals surface area contributed by atoms with Crippen LogP contribution in [0.5, 0.6) is 0 Å². The Morgan fingerprint density at radius 3 is 2.22 bits per heavy atom. The number of rotatable bonds is 1. The third-order valence-corrected chi connectivity index (χ3v) is 1.41. The maximum atomic E-state index is 8.49. The van der Waals surface area contributed by atoms with Gasteiger partial charge in [0.05, 0.1) is 31.8 Å². The zero-order valence-electron chi connectivity index (χ0n) is 4.92. The largest absolute Gasteiger partial charge is 0.378 e. The lowest BCUT2D eigenvalue weighted by atomic mass is 9.85. The molecule has 1 fully saturated rings. The Morgan fingerprint density at radius 2 is 2.11 bits per heavy atom. The van der Waals surface area contributed by atoms with Crippen molar-refractivity contribution < 1.29 is 4.74 Å². The summed E-state index contributed by atoms with van der Waals surface area (Å²) in [4.78, 5) is 0. The summed E-state index contributed by atoms with van der Waals surface area (Å²) in [6.07, 6.45) is 0.295. The lowest BCUT2D eigenvalue weighted by Gasteiger charge is -2.32. The molecule has 0 saturated carbocycles. The van der Waals surface area contributed by atoms with Crippen molar-refractivity contribution in [2.45, 2.75) is 6.42 Å². The van der Waals surface area contributed by atoms with Gasteiger partial charge in [0.1, 0.15) is 5.41 Å². The molecular weight excluding hydrogens is 116 g/mol. The van der Waals surface area contributed by atoms with Crippen LogP contribution < -0.4 is 0 Å². The van der Waals surface area contributed by atoms with Crippen molar-refractivity contribution in [3.63, 3.8) is 0 Å². The van der Waals surface area contributed by atoms with Gasteiger partial charge < -0.3 is 4.74 Å². The molecular formula is C6H6N2O. The molecule has 0 atom stereocenters. The summed E-state index contributed by atoms with van der Waals surface area (Å²) >= 11 is 0. The molecule has 9 heavy (non-hydrogen) atoms. The first-order valence-electron chi connectivity index (χ1n) is 2.69. The van der Waals surface area contributed by atoms with Gasteiger partial charge >= 0.3 is 0 Å². The van der Waals surface area contributed by atoms with Gasteiger partial charge in [-0.25, -0.2) is 0 Å². The average Bonchev–Trinajstić information content (AvgIpc) is 1.79. The quantitative estimate of drug-likeness (QED) is 0.507. The van der Waals surface area contributed by atoms with Gasteiger partial charge in [-0.15, -0.1) is 0 Å². The maximum absolute atomic E-state index is 8.49. The van der Waals surface area contributed by atoms with Crippen LogP contribution in [0.4, 0.5) is 0 Å². The van der Waals surface area contributed by atoms with Crippen LogP contribution in [0.15, 0.2) is 0 Å². The van der Waals surface area contributed by atoms with Crippen LogP contribution in [0.1, 0.15) is 6.42 Å². The van der Waals surface area contributed by atoms with Gasteiger partial charge in [0.2, 0.25) is 0 Å². The summed E-state index contributed by atoms with van der Waals surface area (Å²) in [6.45, 7) is 0.855. The number of ether oxygens (including phenoxy) is 1. The average molecular weight is 122 g/mol. The maximum Gasteiger partial charge on any atom is 0.117 e. The van der Waals surface area contributed by atoms with Crippen LogP contribution >= 0.6 is 0 Å².